The Kier molecular flexibility index (Phi) is 11.4. The summed E-state index contributed by atoms with van der Waals surface area (Å²) in [4.78, 5) is 44.3. The first-order valence-corrected chi connectivity index (χ1v) is 16.4. The number of nitrogens with two attached hydrogens (primary N) is 1. The number of thiocarbonyl (C=S) groups is 1. The lowest BCUT2D eigenvalue weighted by molar-refractivity contribution is -0.136. The van der Waals surface area contributed by atoms with E-state index in [0.29, 0.717) is 35.0 Å². The molecule has 0 saturated heterocycles. The standard InChI is InChI=1S/C34H42F4N6O3S/c1-5-18(3)26(29(39)48)42-31(46)33(15-14-25-23(16-33)22-8-7-9-24(28(22)41-25)34(36,37)38)44-30(45)27(19(4)6-2)43-32(47)40-17-20-10-12-21(35)13-11-20/h7-13,18-19,26-27,41H,5-6,14-17H2,1-4H3,(H2,39,48)(H,42,46)(H,44,45)(H2,40,43,47)/t18?,19?,26-,27-,33?/m0/s1. The van der Waals surface area contributed by atoms with E-state index in [4.69, 9.17) is 18.0 Å². The third-order valence-electron chi connectivity index (χ3n) is 9.37. The number of H-pyrrole nitrogens is 1. The van der Waals surface area contributed by atoms with E-state index in [9.17, 15) is 31.9 Å². The van der Waals surface area contributed by atoms with Crippen LogP contribution in [0.1, 0.15) is 69.3 Å². The number of nitrogens with one attached hydrogen (secondary N) is 5. The largest absolute Gasteiger partial charge is 0.418 e. The Bertz CT molecular complexity index is 1660. The molecule has 260 valence electrons. The van der Waals surface area contributed by atoms with Crippen LogP contribution < -0.4 is 27.0 Å². The van der Waals surface area contributed by atoms with Gasteiger partial charge in [0.25, 0.3) is 0 Å². The lowest BCUT2D eigenvalue weighted by atomic mass is 9.78. The average molecular weight is 691 g/mol. The molecule has 0 aliphatic heterocycles. The Morgan fingerprint density at radius 2 is 1.65 bits per heavy atom. The van der Waals surface area contributed by atoms with Gasteiger partial charge in [0, 0.05) is 24.0 Å². The summed E-state index contributed by atoms with van der Waals surface area (Å²) in [5.74, 6) is -2.13. The number of benzene rings is 2. The van der Waals surface area contributed by atoms with E-state index < -0.39 is 53.0 Å². The molecular weight excluding hydrogens is 648 g/mol. The number of aromatic nitrogens is 1. The van der Waals surface area contributed by atoms with Crippen LogP contribution in [0.4, 0.5) is 22.4 Å². The van der Waals surface area contributed by atoms with Crippen molar-refractivity contribution in [3.05, 3.63) is 70.7 Å². The maximum atomic E-state index is 14.3. The van der Waals surface area contributed by atoms with Gasteiger partial charge in [-0.05, 0) is 54.0 Å². The van der Waals surface area contributed by atoms with E-state index >= 15 is 0 Å². The van der Waals surface area contributed by atoms with E-state index in [2.05, 4.69) is 26.3 Å². The molecule has 2 aromatic carbocycles. The van der Waals surface area contributed by atoms with E-state index in [-0.39, 0.29) is 48.1 Å². The number of aryl methyl sites for hydroxylation is 1. The van der Waals surface area contributed by atoms with Gasteiger partial charge < -0.3 is 32.0 Å². The summed E-state index contributed by atoms with van der Waals surface area (Å²) >= 11 is 5.26. The molecule has 4 rings (SSSR count). The fraction of sp³-hybridized carbons (Fsp3) is 0.471. The summed E-state index contributed by atoms with van der Waals surface area (Å²) in [5, 5.41) is 11.5. The lowest BCUT2D eigenvalue weighted by Gasteiger charge is -2.40. The Balaban J connectivity index is 1.68. The van der Waals surface area contributed by atoms with Crippen molar-refractivity contribution in [2.24, 2.45) is 17.6 Å². The maximum Gasteiger partial charge on any atom is 0.418 e. The normalized spacial score (nSPS) is 18.6. The van der Waals surface area contributed by atoms with Gasteiger partial charge in [-0.1, -0.05) is 77.0 Å². The number of aromatic amines is 1. The third-order valence-corrected chi connectivity index (χ3v) is 9.62. The first kappa shape index (κ1) is 36.6. The minimum atomic E-state index is -4.61. The van der Waals surface area contributed by atoms with Crippen molar-refractivity contribution in [2.45, 2.75) is 90.1 Å². The molecule has 0 radical (unpaired) electrons. The highest BCUT2D eigenvalue weighted by Gasteiger charge is 2.47. The summed E-state index contributed by atoms with van der Waals surface area (Å²) in [6.07, 6.45) is -3.37. The molecule has 4 amide bonds. The highest BCUT2D eigenvalue weighted by atomic mass is 32.1. The van der Waals surface area contributed by atoms with Crippen LogP contribution in [0.5, 0.6) is 0 Å². The minimum Gasteiger partial charge on any atom is -0.392 e. The van der Waals surface area contributed by atoms with Gasteiger partial charge in [-0.3, -0.25) is 9.59 Å². The number of hydrogen-bond donors (Lipinski definition) is 6. The molecular formula is C34H42F4N6O3S. The molecule has 1 aliphatic rings. The lowest BCUT2D eigenvalue weighted by Crippen LogP contribution is -2.67. The van der Waals surface area contributed by atoms with Crippen molar-refractivity contribution in [3.63, 3.8) is 0 Å². The van der Waals surface area contributed by atoms with Crippen LogP contribution in [0.2, 0.25) is 0 Å². The van der Waals surface area contributed by atoms with Crippen LogP contribution >= 0.6 is 12.2 Å². The number of fused-ring (bicyclic) bond motifs is 3. The molecule has 0 saturated carbocycles. The third kappa shape index (κ3) is 8.08. The molecule has 1 aromatic heterocycles. The van der Waals surface area contributed by atoms with E-state index in [1.165, 1.54) is 30.3 Å². The first-order chi connectivity index (χ1) is 22.6. The molecule has 3 unspecified atom stereocenters. The van der Waals surface area contributed by atoms with Crippen molar-refractivity contribution >= 4 is 46.0 Å². The molecule has 5 atom stereocenters. The first-order valence-electron chi connectivity index (χ1n) is 16.0. The second kappa shape index (κ2) is 14.9. The van der Waals surface area contributed by atoms with Gasteiger partial charge in [-0.25, -0.2) is 9.18 Å². The number of alkyl halides is 3. The summed E-state index contributed by atoms with van der Waals surface area (Å²) in [6.45, 7) is 7.49. The van der Waals surface area contributed by atoms with Crippen LogP contribution in [0.3, 0.4) is 0 Å². The Hall–Kier alpha value is -4.20. The van der Waals surface area contributed by atoms with Gasteiger partial charge in [-0.15, -0.1) is 0 Å². The number of para-hydroxylation sites is 1. The van der Waals surface area contributed by atoms with Gasteiger partial charge in [0.05, 0.1) is 22.1 Å². The summed E-state index contributed by atoms with van der Waals surface area (Å²) < 4.78 is 55.0. The predicted molar refractivity (Wildman–Crippen MR) is 179 cm³/mol. The Morgan fingerprint density at radius 3 is 2.25 bits per heavy atom. The molecule has 1 heterocycles. The zero-order chi connectivity index (χ0) is 35.4. The molecule has 7 N–H and O–H groups in total. The monoisotopic (exact) mass is 690 g/mol. The van der Waals surface area contributed by atoms with E-state index in [1.807, 2.05) is 20.8 Å². The van der Waals surface area contributed by atoms with Crippen LogP contribution in [-0.4, -0.2) is 45.4 Å². The van der Waals surface area contributed by atoms with Crippen LogP contribution in [0, 0.1) is 17.7 Å². The number of halogens is 4. The van der Waals surface area contributed by atoms with E-state index in [1.54, 1.807) is 13.0 Å². The molecule has 14 heteroatoms. The summed E-state index contributed by atoms with van der Waals surface area (Å²) in [5.41, 5.74) is 5.16. The molecule has 1 aliphatic carbocycles. The molecule has 48 heavy (non-hydrogen) atoms. The fourth-order valence-corrected chi connectivity index (χ4v) is 6.36. The molecule has 3 aromatic rings. The second-order valence-corrected chi connectivity index (χ2v) is 13.1. The second-order valence-electron chi connectivity index (χ2n) is 12.6. The SMILES string of the molecule is CCC(C)[C@H](NC(=O)NCc1ccc(F)cc1)C(=O)NC1(C(=O)N[C@H](C(N)=S)C(C)CC)CCc2[nH]c3c(C(F)(F)F)cccc3c2C1. The molecule has 0 spiro atoms. The van der Waals surface area contributed by atoms with Crippen molar-refractivity contribution in [2.75, 3.05) is 0 Å². The van der Waals surface area contributed by atoms with Crippen LogP contribution in [0.15, 0.2) is 42.5 Å². The predicted octanol–water partition coefficient (Wildman–Crippen LogP) is 5.40. The zero-order valence-corrected chi connectivity index (χ0v) is 28.1. The topological polar surface area (TPSA) is 141 Å². The molecule has 9 nitrogen and oxygen atoms in total. The van der Waals surface area contributed by atoms with Gasteiger partial charge in [0.1, 0.15) is 17.4 Å². The van der Waals surface area contributed by atoms with E-state index in [0.717, 1.165) is 6.07 Å². The van der Waals surface area contributed by atoms with Crippen LogP contribution in [0.25, 0.3) is 10.9 Å². The van der Waals surface area contributed by atoms with Gasteiger partial charge in [-0.2, -0.15) is 13.2 Å². The van der Waals surface area contributed by atoms with Crippen molar-refractivity contribution in [3.8, 4) is 0 Å². The smallest absolute Gasteiger partial charge is 0.392 e. The highest BCUT2D eigenvalue weighted by molar-refractivity contribution is 7.80. The van der Waals surface area contributed by atoms with Crippen molar-refractivity contribution in [1.82, 2.24) is 26.3 Å². The van der Waals surface area contributed by atoms with Gasteiger partial charge in [0.2, 0.25) is 11.8 Å². The quantitative estimate of drug-likeness (QED) is 0.112. The zero-order valence-electron chi connectivity index (χ0n) is 27.3. The highest BCUT2D eigenvalue weighted by Crippen LogP contribution is 2.40. The summed E-state index contributed by atoms with van der Waals surface area (Å²) in [7, 11) is 0. The van der Waals surface area contributed by atoms with Crippen molar-refractivity contribution in [1.29, 1.82) is 0 Å². The Labute approximate surface area is 282 Å². The molecule has 0 bridgehead atoms. The van der Waals surface area contributed by atoms with Gasteiger partial charge in [0.15, 0.2) is 0 Å². The number of rotatable bonds is 12. The number of carbonyl (C=O) groups excluding carboxylic acids is 3. The average Bonchev–Trinajstić information content (AvgIpc) is 3.41. The molecule has 0 fully saturated rings. The number of hydrogen-bond acceptors (Lipinski definition) is 4. The number of urea groups is 1. The minimum absolute atomic E-state index is 0.0558. The Morgan fingerprint density at radius 1 is 1.00 bits per heavy atom. The van der Waals surface area contributed by atoms with Crippen molar-refractivity contribution < 1.29 is 31.9 Å². The fourth-order valence-electron chi connectivity index (χ4n) is 6.07. The number of carbonyl (C=O) groups is 3. The number of amides is 4. The van der Waals surface area contributed by atoms with Gasteiger partial charge >= 0.3 is 12.2 Å². The summed E-state index contributed by atoms with van der Waals surface area (Å²) in [6, 6.07) is 7.03. The maximum absolute atomic E-state index is 14.3. The van der Waals surface area contributed by atoms with Crippen LogP contribution in [-0.2, 0) is 35.2 Å².